The van der Waals surface area contributed by atoms with Crippen molar-refractivity contribution in [3.63, 3.8) is 0 Å². The number of carbonyl (C=O) groups is 2. The molecule has 162 valence electrons. The number of hydrogen-bond acceptors (Lipinski definition) is 8. The fraction of sp³-hybridized carbons (Fsp3) is 0.476. The van der Waals surface area contributed by atoms with Gasteiger partial charge in [0.05, 0.1) is 13.2 Å². The third-order valence-electron chi connectivity index (χ3n) is 5.79. The van der Waals surface area contributed by atoms with Crippen molar-refractivity contribution in [2.75, 3.05) is 32.8 Å². The van der Waals surface area contributed by atoms with Gasteiger partial charge < -0.3 is 18.9 Å². The highest BCUT2D eigenvalue weighted by Gasteiger charge is 2.41. The lowest BCUT2D eigenvalue weighted by Gasteiger charge is -2.38. The molecule has 10 heteroatoms. The van der Waals surface area contributed by atoms with Crippen LogP contribution in [0.5, 0.6) is 0 Å². The molecule has 0 bridgehead atoms. The van der Waals surface area contributed by atoms with Gasteiger partial charge in [-0.05, 0) is 0 Å². The van der Waals surface area contributed by atoms with Crippen molar-refractivity contribution in [2.24, 2.45) is 5.10 Å². The van der Waals surface area contributed by atoms with Crippen LogP contribution >= 0.6 is 0 Å². The number of amides is 2. The number of likely N-dealkylation sites (tertiary alicyclic amines) is 1. The topological polar surface area (TPSA) is 110 Å². The van der Waals surface area contributed by atoms with E-state index in [2.05, 4.69) is 15.2 Å². The Balaban J connectivity index is 1.25. The summed E-state index contributed by atoms with van der Waals surface area (Å²) in [6.45, 7) is 2.13. The van der Waals surface area contributed by atoms with E-state index in [0.29, 0.717) is 57.1 Å². The summed E-state index contributed by atoms with van der Waals surface area (Å²) in [7, 11) is 0. The van der Waals surface area contributed by atoms with E-state index in [0.717, 1.165) is 5.56 Å². The molecule has 10 nitrogen and oxygen atoms in total. The minimum absolute atomic E-state index is 0.114. The first kappa shape index (κ1) is 19.8. The number of ether oxygens (including phenoxy) is 2. The summed E-state index contributed by atoms with van der Waals surface area (Å²) >= 11 is 0. The molecule has 2 aromatic rings. The van der Waals surface area contributed by atoms with E-state index < -0.39 is 5.79 Å². The molecule has 0 atom stereocenters. The second kappa shape index (κ2) is 8.20. The van der Waals surface area contributed by atoms with Crippen LogP contribution in [0.1, 0.15) is 31.6 Å². The van der Waals surface area contributed by atoms with E-state index in [-0.39, 0.29) is 30.7 Å². The Kier molecular flexibility index (Phi) is 5.24. The van der Waals surface area contributed by atoms with Gasteiger partial charge in [-0.3, -0.25) is 9.59 Å². The van der Waals surface area contributed by atoms with Crippen molar-refractivity contribution in [1.82, 2.24) is 20.0 Å². The predicted octanol–water partition coefficient (Wildman–Crippen LogP) is 1.43. The van der Waals surface area contributed by atoms with Crippen LogP contribution in [0.4, 0.5) is 0 Å². The minimum Gasteiger partial charge on any atom is -0.347 e. The van der Waals surface area contributed by atoms with Crippen LogP contribution in [0.25, 0.3) is 11.4 Å². The number of aromatic nitrogens is 2. The standard InChI is InChI=1S/C21H23N5O5/c27-17-7-6-16(20-22-19(24-31-20)15-4-2-1-3-5-15)23-26(17)14-18(28)25-10-8-21(9-11-25)29-12-13-30-21/h1-5H,6-14H2. The lowest BCUT2D eigenvalue weighted by atomic mass is 10.0. The van der Waals surface area contributed by atoms with Crippen LogP contribution in [0.15, 0.2) is 40.0 Å². The summed E-state index contributed by atoms with van der Waals surface area (Å²) in [4.78, 5) is 31.3. The lowest BCUT2D eigenvalue weighted by molar-refractivity contribution is -0.187. The summed E-state index contributed by atoms with van der Waals surface area (Å²) in [5.74, 6) is -0.175. The molecule has 0 aliphatic carbocycles. The number of rotatable bonds is 4. The molecule has 1 aromatic carbocycles. The molecule has 3 aliphatic rings. The van der Waals surface area contributed by atoms with Crippen LogP contribution in [-0.4, -0.2) is 76.2 Å². The number of piperidine rings is 1. The van der Waals surface area contributed by atoms with E-state index in [9.17, 15) is 9.59 Å². The highest BCUT2D eigenvalue weighted by atomic mass is 16.7. The van der Waals surface area contributed by atoms with Crippen molar-refractivity contribution in [3.8, 4) is 11.4 Å². The van der Waals surface area contributed by atoms with Gasteiger partial charge in [0.25, 0.3) is 5.89 Å². The maximum Gasteiger partial charge on any atom is 0.274 e. The van der Waals surface area contributed by atoms with Crippen molar-refractivity contribution in [1.29, 1.82) is 0 Å². The van der Waals surface area contributed by atoms with Gasteiger partial charge >= 0.3 is 0 Å². The number of hydrazone groups is 1. The molecule has 31 heavy (non-hydrogen) atoms. The van der Waals surface area contributed by atoms with Gasteiger partial charge in [-0.1, -0.05) is 35.5 Å². The maximum absolute atomic E-state index is 12.8. The molecule has 0 N–H and O–H groups in total. The SMILES string of the molecule is O=C(CN1N=C(c2nc(-c3ccccc3)no2)CCC1=O)N1CCC2(CC1)OCCO2. The molecule has 3 aliphatic heterocycles. The van der Waals surface area contributed by atoms with Crippen LogP contribution in [-0.2, 0) is 19.1 Å². The van der Waals surface area contributed by atoms with Crippen LogP contribution in [0, 0.1) is 0 Å². The fourth-order valence-electron chi connectivity index (χ4n) is 4.03. The van der Waals surface area contributed by atoms with Crippen molar-refractivity contribution in [3.05, 3.63) is 36.2 Å². The predicted molar refractivity (Wildman–Crippen MR) is 108 cm³/mol. The Hall–Kier alpha value is -3.11. The van der Waals surface area contributed by atoms with E-state index in [1.807, 2.05) is 30.3 Å². The Bertz CT molecular complexity index is 989. The molecule has 0 saturated carbocycles. The average Bonchev–Trinajstić information content (AvgIpc) is 3.47. The van der Waals surface area contributed by atoms with E-state index in [4.69, 9.17) is 14.0 Å². The van der Waals surface area contributed by atoms with Crippen molar-refractivity contribution >= 4 is 17.5 Å². The Morgan fingerprint density at radius 3 is 2.55 bits per heavy atom. The summed E-state index contributed by atoms with van der Waals surface area (Å²) in [6, 6.07) is 9.46. The van der Waals surface area contributed by atoms with E-state index in [1.54, 1.807) is 4.90 Å². The Labute approximate surface area is 178 Å². The van der Waals surface area contributed by atoms with Gasteiger partial charge in [0.15, 0.2) is 5.79 Å². The third-order valence-corrected chi connectivity index (χ3v) is 5.79. The molecule has 0 radical (unpaired) electrons. The van der Waals surface area contributed by atoms with Gasteiger partial charge in [0.1, 0.15) is 12.3 Å². The van der Waals surface area contributed by atoms with Crippen LogP contribution < -0.4 is 0 Å². The molecule has 0 unspecified atom stereocenters. The Morgan fingerprint density at radius 1 is 1.06 bits per heavy atom. The van der Waals surface area contributed by atoms with E-state index >= 15 is 0 Å². The van der Waals surface area contributed by atoms with Gasteiger partial charge in [-0.15, -0.1) is 0 Å². The average molecular weight is 425 g/mol. The lowest BCUT2D eigenvalue weighted by Crippen LogP contribution is -2.50. The number of benzene rings is 1. The molecule has 1 aromatic heterocycles. The summed E-state index contributed by atoms with van der Waals surface area (Å²) < 4.78 is 16.8. The second-order valence-electron chi connectivity index (χ2n) is 7.78. The van der Waals surface area contributed by atoms with Gasteiger partial charge in [0.2, 0.25) is 17.6 Å². The minimum atomic E-state index is -0.544. The molecule has 2 amide bonds. The highest BCUT2D eigenvalue weighted by Crippen LogP contribution is 2.31. The summed E-state index contributed by atoms with van der Waals surface area (Å²) in [5, 5.41) is 9.57. The van der Waals surface area contributed by atoms with Gasteiger partial charge in [-0.2, -0.15) is 10.1 Å². The zero-order valence-corrected chi connectivity index (χ0v) is 17.0. The first-order chi connectivity index (χ1) is 15.1. The number of nitrogens with zero attached hydrogens (tertiary/aromatic N) is 5. The molecule has 5 rings (SSSR count). The van der Waals surface area contributed by atoms with E-state index in [1.165, 1.54) is 5.01 Å². The van der Waals surface area contributed by atoms with Crippen LogP contribution in [0.3, 0.4) is 0 Å². The normalized spacial score (nSPS) is 20.9. The highest BCUT2D eigenvalue weighted by molar-refractivity contribution is 6.01. The first-order valence-corrected chi connectivity index (χ1v) is 10.4. The van der Waals surface area contributed by atoms with Gasteiger partial charge in [-0.25, -0.2) is 5.01 Å². The third kappa shape index (κ3) is 4.08. The largest absolute Gasteiger partial charge is 0.347 e. The zero-order chi connectivity index (χ0) is 21.3. The molecule has 4 heterocycles. The summed E-state index contributed by atoms with van der Waals surface area (Å²) in [5.41, 5.74) is 1.34. The molecular formula is C21H23N5O5. The molecule has 2 saturated heterocycles. The smallest absolute Gasteiger partial charge is 0.274 e. The summed E-state index contributed by atoms with van der Waals surface area (Å²) in [6.07, 6.45) is 1.89. The quantitative estimate of drug-likeness (QED) is 0.729. The fourth-order valence-corrected chi connectivity index (χ4v) is 4.03. The zero-order valence-electron chi connectivity index (χ0n) is 17.0. The van der Waals surface area contributed by atoms with Crippen molar-refractivity contribution < 1.29 is 23.6 Å². The number of hydrogen-bond donors (Lipinski definition) is 0. The monoisotopic (exact) mass is 425 g/mol. The molecular weight excluding hydrogens is 402 g/mol. The van der Waals surface area contributed by atoms with Gasteiger partial charge in [0, 0.05) is 44.3 Å². The maximum atomic E-state index is 12.8. The van der Waals surface area contributed by atoms with Crippen LogP contribution in [0.2, 0.25) is 0 Å². The Morgan fingerprint density at radius 2 is 1.81 bits per heavy atom. The molecule has 2 fully saturated rings. The second-order valence-corrected chi connectivity index (χ2v) is 7.78. The first-order valence-electron chi connectivity index (χ1n) is 10.4. The number of carbonyl (C=O) groups excluding carboxylic acids is 2. The molecule has 1 spiro atoms. The van der Waals surface area contributed by atoms with Crippen molar-refractivity contribution in [2.45, 2.75) is 31.5 Å².